The standard InChI is InChI=1S/C14H12ClFN2O/c15-12-7-10(5-6-11(12)14(17)18)19-8-9-3-1-2-4-13(9)16/h1-7H,8H2,(H3,17,18). The van der Waals surface area contributed by atoms with Crippen LogP contribution < -0.4 is 10.5 Å². The van der Waals surface area contributed by atoms with Gasteiger partial charge in [-0.3, -0.25) is 5.41 Å². The third kappa shape index (κ3) is 3.23. The molecular formula is C14H12ClFN2O. The summed E-state index contributed by atoms with van der Waals surface area (Å²) in [5.74, 6) is 0.0814. The molecule has 0 saturated heterocycles. The highest BCUT2D eigenvalue weighted by Gasteiger charge is 2.06. The highest BCUT2D eigenvalue weighted by molar-refractivity contribution is 6.34. The topological polar surface area (TPSA) is 59.1 Å². The van der Waals surface area contributed by atoms with E-state index in [9.17, 15) is 4.39 Å². The molecule has 2 rings (SSSR count). The van der Waals surface area contributed by atoms with Crippen LogP contribution in [0.3, 0.4) is 0 Å². The maximum atomic E-state index is 13.4. The second kappa shape index (κ2) is 5.71. The van der Waals surface area contributed by atoms with Crippen LogP contribution in [0.25, 0.3) is 0 Å². The number of hydrogen-bond donors (Lipinski definition) is 2. The van der Waals surface area contributed by atoms with E-state index in [0.29, 0.717) is 21.9 Å². The van der Waals surface area contributed by atoms with Gasteiger partial charge in [-0.05, 0) is 24.3 Å². The largest absolute Gasteiger partial charge is 0.489 e. The van der Waals surface area contributed by atoms with Crippen LogP contribution in [0, 0.1) is 11.2 Å². The minimum Gasteiger partial charge on any atom is -0.489 e. The Hall–Kier alpha value is -2.07. The van der Waals surface area contributed by atoms with E-state index in [4.69, 9.17) is 27.5 Å². The summed E-state index contributed by atoms with van der Waals surface area (Å²) in [5, 5.41) is 7.65. The normalized spacial score (nSPS) is 10.2. The summed E-state index contributed by atoms with van der Waals surface area (Å²) in [6.45, 7) is 0.114. The van der Waals surface area contributed by atoms with Crippen molar-refractivity contribution in [2.45, 2.75) is 6.61 Å². The molecule has 0 heterocycles. The lowest BCUT2D eigenvalue weighted by Crippen LogP contribution is -2.11. The van der Waals surface area contributed by atoms with Crippen LogP contribution in [0.1, 0.15) is 11.1 Å². The van der Waals surface area contributed by atoms with E-state index in [2.05, 4.69) is 0 Å². The summed E-state index contributed by atoms with van der Waals surface area (Å²) in [6, 6.07) is 11.2. The molecule has 0 bridgehead atoms. The van der Waals surface area contributed by atoms with Gasteiger partial charge in [-0.25, -0.2) is 4.39 Å². The SMILES string of the molecule is N=C(N)c1ccc(OCc2ccccc2F)cc1Cl. The van der Waals surface area contributed by atoms with Crippen molar-refractivity contribution in [1.82, 2.24) is 0 Å². The average Bonchev–Trinajstić information content (AvgIpc) is 2.37. The molecule has 0 aromatic heterocycles. The molecule has 0 aliphatic heterocycles. The first-order valence-electron chi connectivity index (χ1n) is 5.58. The fraction of sp³-hybridized carbons (Fsp3) is 0.0714. The zero-order valence-corrected chi connectivity index (χ0v) is 10.7. The van der Waals surface area contributed by atoms with Crippen LogP contribution in [0.5, 0.6) is 5.75 Å². The van der Waals surface area contributed by atoms with E-state index in [1.54, 1.807) is 36.4 Å². The zero-order valence-electron chi connectivity index (χ0n) is 9.99. The van der Waals surface area contributed by atoms with Crippen molar-refractivity contribution in [2.75, 3.05) is 0 Å². The highest BCUT2D eigenvalue weighted by atomic mass is 35.5. The van der Waals surface area contributed by atoms with Crippen molar-refractivity contribution in [2.24, 2.45) is 5.73 Å². The fourth-order valence-electron chi connectivity index (χ4n) is 1.58. The molecule has 2 aromatic carbocycles. The first-order valence-corrected chi connectivity index (χ1v) is 5.96. The van der Waals surface area contributed by atoms with Crippen LogP contribution in [0.4, 0.5) is 4.39 Å². The van der Waals surface area contributed by atoms with Gasteiger partial charge in [0.15, 0.2) is 0 Å². The third-order valence-electron chi connectivity index (χ3n) is 2.58. The van der Waals surface area contributed by atoms with Gasteiger partial charge in [0.2, 0.25) is 0 Å². The molecule has 0 amide bonds. The molecule has 0 atom stereocenters. The molecule has 0 radical (unpaired) electrons. The summed E-state index contributed by atoms with van der Waals surface area (Å²) in [7, 11) is 0. The molecule has 3 N–H and O–H groups in total. The molecule has 3 nitrogen and oxygen atoms in total. The quantitative estimate of drug-likeness (QED) is 0.666. The van der Waals surface area contributed by atoms with Gasteiger partial charge in [0.1, 0.15) is 24.0 Å². The van der Waals surface area contributed by atoms with Crippen molar-refractivity contribution in [3.8, 4) is 5.75 Å². The summed E-state index contributed by atoms with van der Waals surface area (Å²) in [4.78, 5) is 0. The number of hydrogen-bond acceptors (Lipinski definition) is 2. The van der Waals surface area contributed by atoms with Crippen molar-refractivity contribution in [1.29, 1.82) is 5.41 Å². The molecule has 0 unspecified atom stereocenters. The van der Waals surface area contributed by atoms with Gasteiger partial charge in [0, 0.05) is 11.1 Å². The predicted molar refractivity (Wildman–Crippen MR) is 73.2 cm³/mol. The van der Waals surface area contributed by atoms with Gasteiger partial charge >= 0.3 is 0 Å². The van der Waals surface area contributed by atoms with Crippen LogP contribution in [0.2, 0.25) is 5.02 Å². The Labute approximate surface area is 115 Å². The second-order valence-corrected chi connectivity index (χ2v) is 4.34. The Morgan fingerprint density at radius 3 is 2.63 bits per heavy atom. The summed E-state index contributed by atoms with van der Waals surface area (Å²) in [6.07, 6.45) is 0. The number of ether oxygens (including phenoxy) is 1. The van der Waals surface area contributed by atoms with Gasteiger partial charge in [-0.1, -0.05) is 29.8 Å². The maximum absolute atomic E-state index is 13.4. The van der Waals surface area contributed by atoms with E-state index in [1.165, 1.54) is 6.07 Å². The van der Waals surface area contributed by atoms with Crippen molar-refractivity contribution in [3.05, 3.63) is 64.4 Å². The van der Waals surface area contributed by atoms with Gasteiger partial charge in [-0.2, -0.15) is 0 Å². The molecule has 19 heavy (non-hydrogen) atoms. The molecule has 2 aromatic rings. The third-order valence-corrected chi connectivity index (χ3v) is 2.90. The maximum Gasteiger partial charge on any atom is 0.129 e. The zero-order chi connectivity index (χ0) is 13.8. The van der Waals surface area contributed by atoms with Crippen molar-refractivity contribution >= 4 is 17.4 Å². The first-order chi connectivity index (χ1) is 9.08. The Morgan fingerprint density at radius 1 is 1.26 bits per heavy atom. The number of nitrogens with one attached hydrogen (secondary N) is 1. The highest BCUT2D eigenvalue weighted by Crippen LogP contribution is 2.23. The van der Waals surface area contributed by atoms with Gasteiger partial charge in [0.05, 0.1) is 5.02 Å². The Morgan fingerprint density at radius 2 is 2.00 bits per heavy atom. The van der Waals surface area contributed by atoms with E-state index in [1.807, 2.05) is 0 Å². The Bertz CT molecular complexity index is 616. The van der Waals surface area contributed by atoms with Crippen LogP contribution in [0.15, 0.2) is 42.5 Å². The fourth-order valence-corrected chi connectivity index (χ4v) is 1.85. The number of benzene rings is 2. The predicted octanol–water partition coefficient (Wildman–Crippen LogP) is 3.34. The van der Waals surface area contributed by atoms with Crippen molar-refractivity contribution < 1.29 is 9.13 Å². The number of amidine groups is 1. The molecule has 0 aliphatic rings. The van der Waals surface area contributed by atoms with Crippen molar-refractivity contribution in [3.63, 3.8) is 0 Å². The smallest absolute Gasteiger partial charge is 0.129 e. The Kier molecular flexibility index (Phi) is 4.02. The summed E-state index contributed by atoms with van der Waals surface area (Å²) < 4.78 is 18.8. The van der Waals surface area contributed by atoms with Gasteiger partial charge in [-0.15, -0.1) is 0 Å². The number of rotatable bonds is 4. The van der Waals surface area contributed by atoms with Crippen LogP contribution in [-0.4, -0.2) is 5.84 Å². The molecule has 0 fully saturated rings. The molecule has 0 aliphatic carbocycles. The lowest BCUT2D eigenvalue weighted by molar-refractivity contribution is 0.300. The molecule has 0 spiro atoms. The van der Waals surface area contributed by atoms with Crippen LogP contribution in [-0.2, 0) is 6.61 Å². The summed E-state index contributed by atoms with van der Waals surface area (Å²) in [5.41, 5.74) is 6.27. The van der Waals surface area contributed by atoms with E-state index in [-0.39, 0.29) is 18.3 Å². The number of nitrogens with two attached hydrogens (primary N) is 1. The van der Waals surface area contributed by atoms with Gasteiger partial charge in [0.25, 0.3) is 0 Å². The molecular weight excluding hydrogens is 267 g/mol. The monoisotopic (exact) mass is 278 g/mol. The number of nitrogen functional groups attached to an aromatic ring is 1. The second-order valence-electron chi connectivity index (χ2n) is 3.94. The minimum atomic E-state index is -0.311. The average molecular weight is 279 g/mol. The first kappa shape index (κ1) is 13.4. The van der Waals surface area contributed by atoms with E-state index in [0.717, 1.165) is 0 Å². The molecule has 0 saturated carbocycles. The van der Waals surface area contributed by atoms with E-state index >= 15 is 0 Å². The lowest BCUT2D eigenvalue weighted by atomic mass is 10.2. The molecule has 98 valence electrons. The lowest BCUT2D eigenvalue weighted by Gasteiger charge is -2.09. The Balaban J connectivity index is 2.11. The molecule has 5 heteroatoms. The number of halogens is 2. The minimum absolute atomic E-state index is 0.106. The summed E-state index contributed by atoms with van der Waals surface area (Å²) >= 11 is 5.96. The van der Waals surface area contributed by atoms with Gasteiger partial charge < -0.3 is 10.5 Å². The van der Waals surface area contributed by atoms with E-state index < -0.39 is 0 Å². The van der Waals surface area contributed by atoms with Crippen LogP contribution >= 0.6 is 11.6 Å².